The number of nitrogens with one attached hydrogen (secondary N) is 1. The average molecular weight is 469 g/mol. The van der Waals surface area contributed by atoms with Crippen molar-refractivity contribution in [2.24, 2.45) is 0 Å². The molecule has 33 heavy (non-hydrogen) atoms. The molecule has 0 saturated heterocycles. The van der Waals surface area contributed by atoms with Crippen molar-refractivity contribution in [1.29, 1.82) is 0 Å². The predicted molar refractivity (Wildman–Crippen MR) is 123 cm³/mol. The Morgan fingerprint density at radius 2 is 1.67 bits per heavy atom. The second-order valence-electron chi connectivity index (χ2n) is 7.20. The van der Waals surface area contributed by atoms with Gasteiger partial charge in [0.1, 0.15) is 11.5 Å². The highest BCUT2D eigenvalue weighted by Crippen LogP contribution is 2.37. The number of methoxy groups -OCH3 is 2. The van der Waals surface area contributed by atoms with Gasteiger partial charge in [0.2, 0.25) is 0 Å². The van der Waals surface area contributed by atoms with Crippen molar-refractivity contribution in [3.05, 3.63) is 78.2 Å². The van der Waals surface area contributed by atoms with E-state index in [9.17, 15) is 12.8 Å². The fraction of sp³-hybridized carbons (Fsp3) is 0.125. The average Bonchev–Trinajstić information content (AvgIpc) is 2.80. The first-order valence-electron chi connectivity index (χ1n) is 9.88. The number of nitrogens with zero attached hydrogens (tertiary/aromatic N) is 1. The minimum absolute atomic E-state index is 0.0508. The Morgan fingerprint density at radius 1 is 0.909 bits per heavy atom. The van der Waals surface area contributed by atoms with Crippen LogP contribution in [-0.2, 0) is 10.0 Å². The maximum atomic E-state index is 14.8. The van der Waals surface area contributed by atoms with E-state index in [1.54, 1.807) is 43.5 Å². The summed E-state index contributed by atoms with van der Waals surface area (Å²) in [6, 6.07) is 15.3. The van der Waals surface area contributed by atoms with Gasteiger partial charge in [-0.15, -0.1) is 0 Å². The van der Waals surface area contributed by atoms with Gasteiger partial charge in [-0.05, 0) is 48.9 Å². The summed E-state index contributed by atoms with van der Waals surface area (Å²) in [5.41, 5.74) is 1.20. The quantitative estimate of drug-likeness (QED) is 0.396. The third kappa shape index (κ3) is 4.68. The van der Waals surface area contributed by atoms with Crippen molar-refractivity contribution in [2.45, 2.75) is 11.8 Å². The fourth-order valence-electron chi connectivity index (χ4n) is 3.29. The van der Waals surface area contributed by atoms with Gasteiger partial charge >= 0.3 is 0 Å². The molecule has 0 unspecified atom stereocenters. The van der Waals surface area contributed by atoms with Crippen molar-refractivity contribution >= 4 is 26.6 Å². The topological polar surface area (TPSA) is 86.8 Å². The number of aryl methyl sites for hydroxylation is 1. The zero-order valence-electron chi connectivity index (χ0n) is 18.1. The first-order chi connectivity index (χ1) is 15.8. The van der Waals surface area contributed by atoms with Crippen LogP contribution in [0.5, 0.6) is 23.0 Å². The number of ether oxygens (including phenoxy) is 3. The summed E-state index contributed by atoms with van der Waals surface area (Å²) in [5.74, 6) is 0.851. The molecule has 0 amide bonds. The lowest BCUT2D eigenvalue weighted by Gasteiger charge is -2.13. The van der Waals surface area contributed by atoms with E-state index in [-0.39, 0.29) is 16.3 Å². The first-order valence-corrected chi connectivity index (χ1v) is 11.4. The van der Waals surface area contributed by atoms with Crippen molar-refractivity contribution in [2.75, 3.05) is 18.9 Å². The minimum atomic E-state index is -3.94. The monoisotopic (exact) mass is 468 g/mol. The van der Waals surface area contributed by atoms with Crippen LogP contribution in [0.4, 0.5) is 10.1 Å². The third-order valence-corrected chi connectivity index (χ3v) is 6.28. The van der Waals surface area contributed by atoms with Crippen LogP contribution < -0.4 is 18.9 Å². The van der Waals surface area contributed by atoms with Crippen molar-refractivity contribution < 1.29 is 27.0 Å². The molecule has 0 saturated carbocycles. The number of fused-ring (bicyclic) bond motifs is 1. The highest BCUT2D eigenvalue weighted by Gasteiger charge is 2.17. The summed E-state index contributed by atoms with van der Waals surface area (Å²) < 4.78 is 58.8. The van der Waals surface area contributed by atoms with Gasteiger partial charge in [-0.2, -0.15) is 0 Å². The largest absolute Gasteiger partial charge is 0.493 e. The number of pyridine rings is 1. The summed E-state index contributed by atoms with van der Waals surface area (Å²) in [4.78, 5) is 4.36. The van der Waals surface area contributed by atoms with E-state index in [0.717, 1.165) is 11.6 Å². The van der Waals surface area contributed by atoms with Gasteiger partial charge < -0.3 is 14.2 Å². The van der Waals surface area contributed by atoms with Crippen LogP contribution in [0.15, 0.2) is 71.8 Å². The molecule has 0 radical (unpaired) electrons. The molecule has 0 fully saturated rings. The molecule has 1 heterocycles. The molecule has 4 rings (SSSR count). The number of sulfonamides is 1. The third-order valence-electron chi connectivity index (χ3n) is 4.92. The van der Waals surface area contributed by atoms with Crippen LogP contribution in [0.25, 0.3) is 10.9 Å². The van der Waals surface area contributed by atoms with Crippen LogP contribution >= 0.6 is 0 Å². The van der Waals surface area contributed by atoms with Crippen LogP contribution in [0, 0.1) is 12.7 Å². The van der Waals surface area contributed by atoms with E-state index in [4.69, 9.17) is 14.2 Å². The van der Waals surface area contributed by atoms with Gasteiger partial charge in [0.25, 0.3) is 10.0 Å². The Labute approximate surface area is 190 Å². The maximum absolute atomic E-state index is 14.8. The molecule has 9 heteroatoms. The van der Waals surface area contributed by atoms with E-state index in [0.29, 0.717) is 28.2 Å². The van der Waals surface area contributed by atoms with Gasteiger partial charge in [-0.3, -0.25) is 9.71 Å². The molecule has 0 spiro atoms. The van der Waals surface area contributed by atoms with Gasteiger partial charge in [-0.1, -0.05) is 12.1 Å². The number of rotatable bonds is 7. The van der Waals surface area contributed by atoms with E-state index in [1.807, 2.05) is 0 Å². The number of halogens is 1. The second-order valence-corrected chi connectivity index (χ2v) is 8.88. The molecular formula is C24H21FN2O5S. The van der Waals surface area contributed by atoms with Crippen molar-refractivity contribution in [1.82, 2.24) is 4.98 Å². The number of hydrogen-bond donors (Lipinski definition) is 1. The molecule has 1 aromatic heterocycles. The number of benzene rings is 3. The molecule has 0 aliphatic rings. The molecule has 0 aliphatic carbocycles. The Bertz CT molecular complexity index is 1440. The molecule has 1 N–H and O–H groups in total. The van der Waals surface area contributed by atoms with Crippen LogP contribution in [0.1, 0.15) is 5.56 Å². The molecule has 4 aromatic rings. The molecule has 7 nitrogen and oxygen atoms in total. The lowest BCUT2D eigenvalue weighted by atomic mass is 10.2. The van der Waals surface area contributed by atoms with E-state index >= 15 is 0 Å². The highest BCUT2D eigenvalue weighted by atomic mass is 32.2. The highest BCUT2D eigenvalue weighted by molar-refractivity contribution is 7.92. The Kier molecular flexibility index (Phi) is 6.06. The first kappa shape index (κ1) is 22.3. The number of hydrogen-bond acceptors (Lipinski definition) is 6. The van der Waals surface area contributed by atoms with E-state index in [1.165, 1.54) is 38.5 Å². The summed E-state index contributed by atoms with van der Waals surface area (Å²) in [7, 11) is -0.888. The van der Waals surface area contributed by atoms with Gasteiger partial charge in [0.15, 0.2) is 17.3 Å². The van der Waals surface area contributed by atoms with Gasteiger partial charge in [-0.25, -0.2) is 12.8 Å². The predicted octanol–water partition coefficient (Wildman–Crippen LogP) is 5.29. The Morgan fingerprint density at radius 3 is 2.36 bits per heavy atom. The minimum Gasteiger partial charge on any atom is -0.493 e. The van der Waals surface area contributed by atoms with Crippen LogP contribution in [0.3, 0.4) is 0 Å². The zero-order chi connectivity index (χ0) is 23.6. The second kappa shape index (κ2) is 8.95. The van der Waals surface area contributed by atoms with Crippen LogP contribution in [-0.4, -0.2) is 27.6 Å². The Hall–Kier alpha value is -3.85. The summed E-state index contributed by atoms with van der Waals surface area (Å²) in [5, 5.41) is 0.639. The van der Waals surface area contributed by atoms with Crippen LogP contribution in [0.2, 0.25) is 0 Å². The Balaban J connectivity index is 1.62. The van der Waals surface area contributed by atoms with E-state index in [2.05, 4.69) is 9.71 Å². The summed E-state index contributed by atoms with van der Waals surface area (Å²) in [6.07, 6.45) is 1.56. The lowest BCUT2D eigenvalue weighted by Crippen LogP contribution is -2.14. The van der Waals surface area contributed by atoms with Gasteiger partial charge in [0.05, 0.1) is 30.3 Å². The van der Waals surface area contributed by atoms with E-state index < -0.39 is 15.8 Å². The lowest BCUT2D eigenvalue weighted by molar-refractivity contribution is 0.355. The number of aromatic nitrogens is 1. The summed E-state index contributed by atoms with van der Waals surface area (Å²) in [6.45, 7) is 1.78. The maximum Gasteiger partial charge on any atom is 0.261 e. The summed E-state index contributed by atoms with van der Waals surface area (Å²) >= 11 is 0. The molecule has 0 atom stereocenters. The zero-order valence-corrected chi connectivity index (χ0v) is 18.9. The SMILES string of the molecule is COc1cc2nccc(Oc3ccc(NS(=O)(=O)c4cccc(C)c4)c(F)c3)c2cc1OC. The van der Waals surface area contributed by atoms with Crippen molar-refractivity contribution in [3.8, 4) is 23.0 Å². The standard InChI is InChI=1S/C24H21FN2O5S/c1-15-5-4-6-17(11-15)33(28,29)27-20-8-7-16(12-19(20)25)32-22-9-10-26-21-14-24(31-3)23(30-2)13-18(21)22/h4-14,27H,1-3H3. The molecule has 170 valence electrons. The fourth-order valence-corrected chi connectivity index (χ4v) is 4.46. The van der Waals surface area contributed by atoms with Gasteiger partial charge in [0, 0.05) is 23.7 Å². The molecule has 0 bridgehead atoms. The molecule has 0 aliphatic heterocycles. The normalized spacial score (nSPS) is 11.3. The van der Waals surface area contributed by atoms with Crippen molar-refractivity contribution in [3.63, 3.8) is 0 Å². The number of anilines is 1. The smallest absolute Gasteiger partial charge is 0.261 e. The molecular weight excluding hydrogens is 447 g/mol. The molecule has 3 aromatic carbocycles.